The molecule has 0 radical (unpaired) electrons. The Morgan fingerprint density at radius 1 is 1.78 bits per heavy atom. The Morgan fingerprint density at radius 2 is 2.33 bits per heavy atom. The maximum atomic E-state index is 10.2. The van der Waals surface area contributed by atoms with Crippen LogP contribution in [0.3, 0.4) is 0 Å². The first-order valence-corrected chi connectivity index (χ1v) is 2.26. The fourth-order valence-electron chi connectivity index (χ4n) is 0.559. The van der Waals surface area contributed by atoms with E-state index >= 15 is 0 Å². The maximum absolute atomic E-state index is 10.2. The Morgan fingerprint density at radius 3 is 2.44 bits per heavy atom. The minimum Gasteiger partial charge on any atom is -0.480 e. The van der Waals surface area contributed by atoms with E-state index < -0.39 is 17.9 Å². The number of aliphatic carboxylic acids is 1. The molecule has 1 fully saturated rings. The Kier molecular flexibility index (Phi) is 1.02. The molecule has 1 saturated heterocycles. The lowest BCUT2D eigenvalue weighted by molar-refractivity contribution is -0.167. The normalized spacial score (nSPS) is 24.7. The lowest BCUT2D eigenvalue weighted by atomic mass is 10.1. The van der Waals surface area contributed by atoms with Crippen molar-refractivity contribution in [3.63, 3.8) is 0 Å². The van der Waals surface area contributed by atoms with Gasteiger partial charge >= 0.3 is 11.9 Å². The van der Waals surface area contributed by atoms with Crippen molar-refractivity contribution in [2.75, 3.05) is 0 Å². The van der Waals surface area contributed by atoms with Crippen LogP contribution in [0.4, 0.5) is 0 Å². The number of rotatable bonds is 1. The Balaban J connectivity index is 2.70. The van der Waals surface area contributed by atoms with E-state index in [1.807, 2.05) is 0 Å². The van der Waals surface area contributed by atoms with Crippen molar-refractivity contribution < 1.29 is 19.4 Å². The number of esters is 1. The molecule has 0 bridgehead atoms. The van der Waals surface area contributed by atoms with Crippen LogP contribution in [0, 0.1) is 5.92 Å². The van der Waals surface area contributed by atoms with E-state index in [-0.39, 0.29) is 5.76 Å². The number of cyclic esters (lactones) is 1. The van der Waals surface area contributed by atoms with Gasteiger partial charge in [-0.2, -0.15) is 0 Å². The molecule has 0 aliphatic carbocycles. The first kappa shape index (κ1) is 5.81. The molecule has 48 valence electrons. The molecular formula is C5H4O4. The van der Waals surface area contributed by atoms with Gasteiger partial charge in [0, 0.05) is 0 Å². The van der Waals surface area contributed by atoms with Crippen LogP contribution in [0.25, 0.3) is 0 Å². The fourth-order valence-corrected chi connectivity index (χ4v) is 0.559. The second kappa shape index (κ2) is 1.58. The number of hydrogen-bond acceptors (Lipinski definition) is 3. The SMILES string of the molecule is C=C1OC(=O)C1C(=O)O. The molecule has 9 heavy (non-hydrogen) atoms. The Labute approximate surface area is 50.7 Å². The largest absolute Gasteiger partial charge is 0.480 e. The highest BCUT2D eigenvalue weighted by Gasteiger charge is 2.42. The summed E-state index contributed by atoms with van der Waals surface area (Å²) in [6.07, 6.45) is 0. The minimum atomic E-state index is -1.20. The zero-order chi connectivity index (χ0) is 7.02. The fraction of sp³-hybridized carbons (Fsp3) is 0.200. The quantitative estimate of drug-likeness (QED) is 0.391. The number of ether oxygens (including phenoxy) is 1. The average Bonchev–Trinajstić information content (AvgIpc) is 1.62. The molecule has 0 aromatic carbocycles. The van der Waals surface area contributed by atoms with Crippen LogP contribution >= 0.6 is 0 Å². The minimum absolute atomic E-state index is 0.0208. The molecule has 1 aliphatic rings. The lowest BCUT2D eigenvalue weighted by Crippen LogP contribution is -2.37. The molecule has 4 heteroatoms. The van der Waals surface area contributed by atoms with Gasteiger partial charge in [-0.25, -0.2) is 0 Å². The number of hydrogen-bond donors (Lipinski definition) is 1. The highest BCUT2D eigenvalue weighted by molar-refractivity contribution is 6.01. The Bertz CT molecular complexity index is 168. The van der Waals surface area contributed by atoms with E-state index in [2.05, 4.69) is 11.3 Å². The average molecular weight is 128 g/mol. The monoisotopic (exact) mass is 128 g/mol. The summed E-state index contributed by atoms with van der Waals surface area (Å²) in [6, 6.07) is 0. The molecule has 1 aliphatic heterocycles. The molecule has 1 atom stereocenters. The van der Waals surface area contributed by atoms with Gasteiger partial charge in [-0.1, -0.05) is 6.58 Å². The lowest BCUT2D eigenvalue weighted by Gasteiger charge is -2.22. The predicted molar refractivity (Wildman–Crippen MR) is 26.4 cm³/mol. The van der Waals surface area contributed by atoms with Gasteiger partial charge in [-0.3, -0.25) is 9.59 Å². The van der Waals surface area contributed by atoms with Gasteiger partial charge in [0.15, 0.2) is 0 Å². The van der Waals surface area contributed by atoms with E-state index in [0.29, 0.717) is 0 Å². The van der Waals surface area contributed by atoms with Crippen LogP contribution < -0.4 is 0 Å². The second-order valence-electron chi connectivity index (χ2n) is 1.66. The highest BCUT2D eigenvalue weighted by atomic mass is 16.6. The first-order chi connectivity index (χ1) is 4.13. The van der Waals surface area contributed by atoms with Crippen molar-refractivity contribution in [2.45, 2.75) is 0 Å². The molecule has 0 aromatic heterocycles. The second-order valence-corrected chi connectivity index (χ2v) is 1.66. The van der Waals surface area contributed by atoms with E-state index in [4.69, 9.17) is 5.11 Å². The van der Waals surface area contributed by atoms with E-state index in [9.17, 15) is 9.59 Å². The molecule has 0 aromatic rings. The summed E-state index contributed by atoms with van der Waals surface area (Å²) in [4.78, 5) is 20.3. The molecule has 1 rings (SSSR count). The molecule has 1 unspecified atom stereocenters. The van der Waals surface area contributed by atoms with Crippen LogP contribution in [-0.4, -0.2) is 17.0 Å². The third kappa shape index (κ3) is 0.679. The molecular weight excluding hydrogens is 124 g/mol. The molecule has 0 saturated carbocycles. The van der Waals surface area contributed by atoms with Crippen LogP contribution in [0.15, 0.2) is 12.3 Å². The summed E-state index contributed by atoms with van der Waals surface area (Å²) in [7, 11) is 0. The van der Waals surface area contributed by atoms with Gasteiger partial charge in [0.2, 0.25) is 5.92 Å². The molecule has 4 nitrogen and oxygen atoms in total. The summed E-state index contributed by atoms with van der Waals surface area (Å²) in [6.45, 7) is 3.19. The zero-order valence-corrected chi connectivity index (χ0v) is 4.46. The van der Waals surface area contributed by atoms with Crippen molar-refractivity contribution >= 4 is 11.9 Å². The van der Waals surface area contributed by atoms with Crippen LogP contribution in [-0.2, 0) is 14.3 Å². The van der Waals surface area contributed by atoms with Gasteiger partial charge in [-0.15, -0.1) is 0 Å². The standard InChI is InChI=1S/C5H4O4/c1-2-3(4(6)7)5(8)9-2/h3H,1H2,(H,6,7). The topological polar surface area (TPSA) is 63.6 Å². The molecule has 1 N–H and O–H groups in total. The van der Waals surface area contributed by atoms with Gasteiger partial charge < -0.3 is 9.84 Å². The third-order valence-electron chi connectivity index (χ3n) is 1.04. The van der Waals surface area contributed by atoms with E-state index in [0.717, 1.165) is 0 Å². The molecule has 0 spiro atoms. The van der Waals surface area contributed by atoms with Crippen molar-refractivity contribution in [2.24, 2.45) is 5.92 Å². The first-order valence-electron chi connectivity index (χ1n) is 2.26. The number of carboxylic acid groups (broad SMARTS) is 1. The number of carbonyl (C=O) groups excluding carboxylic acids is 1. The molecule has 1 heterocycles. The van der Waals surface area contributed by atoms with Crippen molar-refractivity contribution in [3.05, 3.63) is 12.3 Å². The summed E-state index contributed by atoms with van der Waals surface area (Å²) in [5.41, 5.74) is 0. The van der Waals surface area contributed by atoms with Gasteiger partial charge in [0.25, 0.3) is 0 Å². The Hall–Kier alpha value is -1.32. The smallest absolute Gasteiger partial charge is 0.333 e. The molecule has 0 amide bonds. The van der Waals surface area contributed by atoms with Crippen LogP contribution in [0.2, 0.25) is 0 Å². The zero-order valence-electron chi connectivity index (χ0n) is 4.46. The summed E-state index contributed by atoms with van der Waals surface area (Å²) < 4.78 is 4.20. The van der Waals surface area contributed by atoms with E-state index in [1.54, 1.807) is 0 Å². The van der Waals surface area contributed by atoms with Crippen LogP contribution in [0.5, 0.6) is 0 Å². The van der Waals surface area contributed by atoms with Crippen molar-refractivity contribution in [1.29, 1.82) is 0 Å². The van der Waals surface area contributed by atoms with Gasteiger partial charge in [-0.05, 0) is 0 Å². The number of carboxylic acids is 1. The van der Waals surface area contributed by atoms with Gasteiger partial charge in [0.1, 0.15) is 5.76 Å². The third-order valence-corrected chi connectivity index (χ3v) is 1.04. The highest BCUT2D eigenvalue weighted by Crippen LogP contribution is 2.23. The summed E-state index contributed by atoms with van der Waals surface area (Å²) in [5, 5.41) is 8.21. The maximum Gasteiger partial charge on any atom is 0.333 e. The van der Waals surface area contributed by atoms with E-state index in [1.165, 1.54) is 0 Å². The predicted octanol–water partition coefficient (Wildman–Crippen LogP) is -0.242. The summed E-state index contributed by atoms with van der Waals surface area (Å²) in [5.74, 6) is -3.03. The van der Waals surface area contributed by atoms with Crippen molar-refractivity contribution in [3.8, 4) is 0 Å². The van der Waals surface area contributed by atoms with Crippen molar-refractivity contribution in [1.82, 2.24) is 0 Å². The summed E-state index contributed by atoms with van der Waals surface area (Å²) >= 11 is 0. The number of carbonyl (C=O) groups is 2. The van der Waals surface area contributed by atoms with Crippen LogP contribution in [0.1, 0.15) is 0 Å². The van der Waals surface area contributed by atoms with Gasteiger partial charge in [0.05, 0.1) is 0 Å².